The lowest BCUT2D eigenvalue weighted by atomic mass is 10.1. The third-order valence-corrected chi connectivity index (χ3v) is 3.66. The van der Waals surface area contributed by atoms with Crippen LogP contribution in [0.1, 0.15) is 32.7 Å². The summed E-state index contributed by atoms with van der Waals surface area (Å²) in [4.78, 5) is 14.3. The van der Waals surface area contributed by atoms with Crippen molar-refractivity contribution in [3.05, 3.63) is 45.4 Å². The Bertz CT molecular complexity index is 593. The Kier molecular flexibility index (Phi) is 3.77. The Morgan fingerprint density at radius 2 is 2.28 bits per heavy atom. The molecule has 2 aromatic heterocycles. The number of aryl methyl sites for hydroxylation is 3. The minimum absolute atomic E-state index is 0.0444. The molecule has 0 aliphatic carbocycles. The molecule has 94 valence electrons. The summed E-state index contributed by atoms with van der Waals surface area (Å²) >= 11 is 1.65. The lowest BCUT2D eigenvalue weighted by Crippen LogP contribution is -1.95. The number of carbonyl (C=O) groups is 1. The Hall–Kier alpha value is -1.68. The van der Waals surface area contributed by atoms with Crippen LogP contribution in [-0.4, -0.2) is 15.6 Å². The van der Waals surface area contributed by atoms with Crippen LogP contribution in [0.15, 0.2) is 24.4 Å². The van der Waals surface area contributed by atoms with E-state index in [1.807, 2.05) is 43.8 Å². The van der Waals surface area contributed by atoms with E-state index in [0.29, 0.717) is 0 Å². The molecule has 0 unspecified atom stereocenters. The van der Waals surface area contributed by atoms with Gasteiger partial charge in [-0.25, -0.2) is 0 Å². The fraction of sp³-hybridized carbons (Fsp3) is 0.286. The van der Waals surface area contributed by atoms with Gasteiger partial charge in [-0.15, -0.1) is 11.3 Å². The molecule has 0 amide bonds. The van der Waals surface area contributed by atoms with E-state index in [1.54, 1.807) is 23.5 Å². The summed E-state index contributed by atoms with van der Waals surface area (Å²) in [6.45, 7) is 6.86. The first-order valence-corrected chi connectivity index (χ1v) is 6.74. The minimum Gasteiger partial charge on any atom is -0.289 e. The molecular formula is C14H16N2OS. The van der Waals surface area contributed by atoms with Crippen molar-refractivity contribution in [3.63, 3.8) is 0 Å². The number of hydrogen-bond donors (Lipinski definition) is 0. The highest BCUT2D eigenvalue weighted by molar-refractivity contribution is 7.12. The van der Waals surface area contributed by atoms with Gasteiger partial charge in [0.05, 0.1) is 5.69 Å². The van der Waals surface area contributed by atoms with E-state index in [2.05, 4.69) is 5.10 Å². The van der Waals surface area contributed by atoms with E-state index in [-0.39, 0.29) is 5.78 Å². The quantitative estimate of drug-likeness (QED) is 0.623. The molecule has 0 N–H and O–H groups in total. The summed E-state index contributed by atoms with van der Waals surface area (Å²) in [5, 5.41) is 4.30. The second-order valence-corrected chi connectivity index (χ2v) is 5.58. The molecule has 3 nitrogen and oxygen atoms in total. The molecule has 0 saturated heterocycles. The van der Waals surface area contributed by atoms with Crippen LogP contribution in [0, 0.1) is 13.8 Å². The Morgan fingerprint density at radius 3 is 2.83 bits per heavy atom. The normalized spacial score (nSPS) is 11.3. The molecule has 2 rings (SSSR count). The second-order valence-electron chi connectivity index (χ2n) is 4.12. The van der Waals surface area contributed by atoms with E-state index in [1.165, 1.54) is 4.88 Å². The van der Waals surface area contributed by atoms with Gasteiger partial charge in [-0.1, -0.05) is 0 Å². The van der Waals surface area contributed by atoms with Crippen LogP contribution < -0.4 is 0 Å². The molecule has 0 fully saturated rings. The van der Waals surface area contributed by atoms with Crippen LogP contribution in [0.5, 0.6) is 0 Å². The van der Waals surface area contributed by atoms with Crippen molar-refractivity contribution in [1.82, 2.24) is 9.78 Å². The van der Waals surface area contributed by atoms with Crippen LogP contribution in [0.2, 0.25) is 0 Å². The summed E-state index contributed by atoms with van der Waals surface area (Å²) in [7, 11) is 0. The summed E-state index contributed by atoms with van der Waals surface area (Å²) in [6, 6.07) is 3.84. The highest BCUT2D eigenvalue weighted by atomic mass is 32.1. The predicted octanol–water partition coefficient (Wildman–Crippen LogP) is 3.48. The highest BCUT2D eigenvalue weighted by Gasteiger charge is 2.08. The van der Waals surface area contributed by atoms with E-state index in [0.717, 1.165) is 22.7 Å². The summed E-state index contributed by atoms with van der Waals surface area (Å²) in [6.07, 6.45) is 5.27. The van der Waals surface area contributed by atoms with Crippen LogP contribution in [-0.2, 0) is 6.54 Å². The number of aromatic nitrogens is 2. The number of hydrogen-bond acceptors (Lipinski definition) is 3. The molecule has 18 heavy (non-hydrogen) atoms. The smallest absolute Gasteiger partial charge is 0.187 e. The van der Waals surface area contributed by atoms with Crippen molar-refractivity contribution in [1.29, 1.82) is 0 Å². The Balaban J connectivity index is 2.14. The zero-order valence-electron chi connectivity index (χ0n) is 10.8. The molecule has 0 atom stereocenters. The van der Waals surface area contributed by atoms with Crippen molar-refractivity contribution >= 4 is 23.2 Å². The number of allylic oxidation sites excluding steroid dienone is 1. The fourth-order valence-corrected chi connectivity index (χ4v) is 2.70. The molecule has 4 heteroatoms. The number of thiophene rings is 1. The summed E-state index contributed by atoms with van der Waals surface area (Å²) < 4.78 is 1.84. The maximum absolute atomic E-state index is 12.0. The molecule has 2 heterocycles. The maximum Gasteiger partial charge on any atom is 0.187 e. The molecule has 2 aromatic rings. The monoisotopic (exact) mass is 260 g/mol. The topological polar surface area (TPSA) is 34.9 Å². The van der Waals surface area contributed by atoms with Gasteiger partial charge in [0.2, 0.25) is 0 Å². The van der Waals surface area contributed by atoms with Gasteiger partial charge >= 0.3 is 0 Å². The lowest BCUT2D eigenvalue weighted by molar-refractivity contribution is 0.104. The van der Waals surface area contributed by atoms with Crippen molar-refractivity contribution in [2.45, 2.75) is 27.3 Å². The van der Waals surface area contributed by atoms with Crippen molar-refractivity contribution in [2.24, 2.45) is 0 Å². The van der Waals surface area contributed by atoms with Crippen LogP contribution >= 0.6 is 11.3 Å². The first-order chi connectivity index (χ1) is 8.60. The number of ketones is 1. The van der Waals surface area contributed by atoms with Gasteiger partial charge < -0.3 is 0 Å². The third-order valence-electron chi connectivity index (χ3n) is 2.70. The van der Waals surface area contributed by atoms with Crippen LogP contribution in [0.3, 0.4) is 0 Å². The molecular weight excluding hydrogens is 244 g/mol. The first kappa shape index (κ1) is 12.8. The van der Waals surface area contributed by atoms with Crippen LogP contribution in [0.4, 0.5) is 0 Å². The van der Waals surface area contributed by atoms with Crippen molar-refractivity contribution < 1.29 is 4.79 Å². The van der Waals surface area contributed by atoms with Gasteiger partial charge in [-0.2, -0.15) is 5.10 Å². The highest BCUT2D eigenvalue weighted by Crippen LogP contribution is 2.21. The molecule has 0 bridgehead atoms. The molecule has 0 aromatic carbocycles. The van der Waals surface area contributed by atoms with E-state index >= 15 is 0 Å². The third kappa shape index (κ3) is 2.76. The zero-order chi connectivity index (χ0) is 13.1. The SMILES string of the molecule is CCn1ccc(/C=C/C(=O)c2cc(C)sc2C)n1. The van der Waals surface area contributed by atoms with Gasteiger partial charge in [0.1, 0.15) is 0 Å². The number of nitrogens with zero attached hydrogens (tertiary/aromatic N) is 2. The van der Waals surface area contributed by atoms with E-state index in [4.69, 9.17) is 0 Å². The van der Waals surface area contributed by atoms with Gasteiger partial charge in [-0.05, 0) is 45.1 Å². The maximum atomic E-state index is 12.0. The van der Waals surface area contributed by atoms with Gasteiger partial charge in [0, 0.05) is 28.1 Å². The molecule has 0 aliphatic rings. The summed E-state index contributed by atoms with van der Waals surface area (Å²) in [5.74, 6) is 0.0444. The first-order valence-electron chi connectivity index (χ1n) is 5.93. The van der Waals surface area contributed by atoms with Crippen LogP contribution in [0.25, 0.3) is 6.08 Å². The molecule has 0 radical (unpaired) electrons. The van der Waals surface area contributed by atoms with E-state index < -0.39 is 0 Å². The molecule has 0 spiro atoms. The lowest BCUT2D eigenvalue weighted by Gasteiger charge is -1.92. The Morgan fingerprint density at radius 1 is 1.50 bits per heavy atom. The Labute approximate surface area is 111 Å². The predicted molar refractivity (Wildman–Crippen MR) is 75.1 cm³/mol. The average molecular weight is 260 g/mol. The van der Waals surface area contributed by atoms with E-state index in [9.17, 15) is 4.79 Å². The van der Waals surface area contributed by atoms with Crippen molar-refractivity contribution in [2.75, 3.05) is 0 Å². The largest absolute Gasteiger partial charge is 0.289 e. The van der Waals surface area contributed by atoms with Crippen molar-refractivity contribution in [3.8, 4) is 0 Å². The summed E-state index contributed by atoms with van der Waals surface area (Å²) in [5.41, 5.74) is 1.61. The standard InChI is InChI=1S/C14H16N2OS/c1-4-16-8-7-12(15-16)5-6-14(17)13-9-10(2)18-11(13)3/h5-9H,4H2,1-3H3/b6-5+. The number of rotatable bonds is 4. The molecule has 0 saturated carbocycles. The van der Waals surface area contributed by atoms with Gasteiger partial charge in [0.25, 0.3) is 0 Å². The van der Waals surface area contributed by atoms with Gasteiger partial charge in [-0.3, -0.25) is 9.48 Å². The molecule has 0 aliphatic heterocycles. The fourth-order valence-electron chi connectivity index (χ4n) is 1.77. The minimum atomic E-state index is 0.0444. The average Bonchev–Trinajstić information content (AvgIpc) is 2.92. The second kappa shape index (κ2) is 5.31. The zero-order valence-corrected chi connectivity index (χ0v) is 11.6. The number of carbonyl (C=O) groups excluding carboxylic acids is 1. The van der Waals surface area contributed by atoms with Gasteiger partial charge in [0.15, 0.2) is 5.78 Å².